The van der Waals surface area contributed by atoms with Gasteiger partial charge < -0.3 is 15.4 Å². The Morgan fingerprint density at radius 2 is 2.10 bits per heavy atom. The van der Waals surface area contributed by atoms with Gasteiger partial charge in [-0.25, -0.2) is 4.79 Å². The highest BCUT2D eigenvalue weighted by Gasteiger charge is 2.33. The molecule has 0 bridgehead atoms. The molecule has 20 heavy (non-hydrogen) atoms. The Bertz CT molecular complexity index is 562. The van der Waals surface area contributed by atoms with Gasteiger partial charge >= 0.3 is 6.03 Å². The van der Waals surface area contributed by atoms with Crippen molar-refractivity contribution < 1.29 is 14.3 Å². The average molecular weight is 293 g/mol. The van der Waals surface area contributed by atoms with Crippen LogP contribution < -0.4 is 10.5 Å². The lowest BCUT2D eigenvalue weighted by Gasteiger charge is -2.15. The molecule has 0 atom stereocenters. The van der Waals surface area contributed by atoms with E-state index in [0.29, 0.717) is 11.3 Å². The Balaban J connectivity index is 1.95. The number of benzene rings is 1. The van der Waals surface area contributed by atoms with Crippen molar-refractivity contribution in [1.29, 1.82) is 0 Å². The fourth-order valence-electron chi connectivity index (χ4n) is 1.93. The third kappa shape index (κ3) is 2.88. The molecule has 3 amide bonds. The first-order chi connectivity index (χ1) is 9.50. The molecule has 2 rings (SSSR count). The van der Waals surface area contributed by atoms with E-state index < -0.39 is 0 Å². The first-order valence-electron chi connectivity index (χ1n) is 6.08. The summed E-state index contributed by atoms with van der Waals surface area (Å²) in [7, 11) is 1.59. The number of imide groups is 1. The van der Waals surface area contributed by atoms with Crippen LogP contribution in [0.4, 0.5) is 4.79 Å². The lowest BCUT2D eigenvalue weighted by atomic mass is 10.2. The summed E-state index contributed by atoms with van der Waals surface area (Å²) in [5.41, 5.74) is 6.23. The van der Waals surface area contributed by atoms with Crippen LogP contribution in [0.15, 0.2) is 24.3 Å². The van der Waals surface area contributed by atoms with E-state index in [1.807, 2.05) is 6.07 Å². The number of rotatable bonds is 5. The van der Waals surface area contributed by atoms with E-state index in [0.717, 1.165) is 0 Å². The Kier molecular flexibility index (Phi) is 4.19. The SMILES string of the molecule is CN1CC(=O)N(CCOc2ccccc2C(N)=S)C1=O. The smallest absolute Gasteiger partial charge is 0.327 e. The maximum absolute atomic E-state index is 11.7. The van der Waals surface area contributed by atoms with Gasteiger partial charge in [-0.3, -0.25) is 9.69 Å². The van der Waals surface area contributed by atoms with E-state index >= 15 is 0 Å². The zero-order valence-electron chi connectivity index (χ0n) is 11.0. The van der Waals surface area contributed by atoms with Gasteiger partial charge in [-0.15, -0.1) is 0 Å². The van der Waals surface area contributed by atoms with Crippen molar-refractivity contribution in [2.45, 2.75) is 0 Å². The molecule has 1 fully saturated rings. The minimum atomic E-state index is -0.304. The molecule has 1 aromatic rings. The van der Waals surface area contributed by atoms with Crippen molar-refractivity contribution in [3.8, 4) is 5.75 Å². The molecule has 0 radical (unpaired) electrons. The molecule has 0 aromatic heterocycles. The number of nitrogens with zero attached hydrogens (tertiary/aromatic N) is 2. The van der Waals surface area contributed by atoms with Crippen molar-refractivity contribution in [2.75, 3.05) is 26.7 Å². The standard InChI is InChI=1S/C13H15N3O3S/c1-15-8-11(17)16(13(15)18)6-7-19-10-5-3-2-4-9(10)12(14)20/h2-5H,6-8H2,1H3,(H2,14,20). The van der Waals surface area contributed by atoms with Crippen molar-refractivity contribution in [2.24, 2.45) is 5.73 Å². The minimum Gasteiger partial charge on any atom is -0.491 e. The predicted molar refractivity (Wildman–Crippen MR) is 77.6 cm³/mol. The third-order valence-corrected chi connectivity index (χ3v) is 3.18. The maximum Gasteiger partial charge on any atom is 0.327 e. The van der Waals surface area contributed by atoms with Crippen LogP contribution in [0.25, 0.3) is 0 Å². The van der Waals surface area contributed by atoms with Gasteiger partial charge in [-0.1, -0.05) is 24.4 Å². The van der Waals surface area contributed by atoms with Crippen LogP contribution in [0.5, 0.6) is 5.75 Å². The molecule has 1 aliphatic heterocycles. The Hall–Kier alpha value is -2.15. The quantitative estimate of drug-likeness (QED) is 0.635. The van der Waals surface area contributed by atoms with Crippen LogP contribution in [0, 0.1) is 0 Å². The number of hydrogen-bond donors (Lipinski definition) is 1. The largest absolute Gasteiger partial charge is 0.491 e. The molecule has 6 nitrogen and oxygen atoms in total. The molecule has 1 saturated heterocycles. The van der Waals surface area contributed by atoms with Crippen molar-refractivity contribution in [3.63, 3.8) is 0 Å². The number of ether oxygens (including phenoxy) is 1. The summed E-state index contributed by atoms with van der Waals surface area (Å²) in [5, 5.41) is 0. The van der Waals surface area contributed by atoms with E-state index in [2.05, 4.69) is 0 Å². The maximum atomic E-state index is 11.7. The fourth-order valence-corrected chi connectivity index (χ4v) is 2.10. The second-order valence-corrected chi connectivity index (χ2v) is 4.83. The highest BCUT2D eigenvalue weighted by molar-refractivity contribution is 7.80. The first kappa shape index (κ1) is 14.3. The summed E-state index contributed by atoms with van der Waals surface area (Å²) in [5.74, 6) is 0.330. The van der Waals surface area contributed by atoms with Crippen LogP contribution >= 0.6 is 12.2 Å². The number of thiocarbonyl (C=S) groups is 1. The van der Waals surface area contributed by atoms with Crippen molar-refractivity contribution in [1.82, 2.24) is 9.80 Å². The third-order valence-electron chi connectivity index (χ3n) is 2.96. The number of carbonyl (C=O) groups excluding carboxylic acids is 2. The lowest BCUT2D eigenvalue weighted by Crippen LogP contribution is -2.35. The summed E-state index contributed by atoms with van der Waals surface area (Å²) < 4.78 is 5.56. The van der Waals surface area contributed by atoms with Gasteiger partial charge in [-0.2, -0.15) is 0 Å². The second kappa shape index (κ2) is 5.87. The summed E-state index contributed by atoms with van der Waals surface area (Å²) in [6, 6.07) is 6.81. The van der Waals surface area contributed by atoms with E-state index in [1.165, 1.54) is 9.80 Å². The molecule has 1 heterocycles. The number of amides is 3. The molecule has 0 spiro atoms. The average Bonchev–Trinajstić information content (AvgIpc) is 2.65. The number of nitrogens with two attached hydrogens (primary N) is 1. The highest BCUT2D eigenvalue weighted by Crippen LogP contribution is 2.18. The van der Waals surface area contributed by atoms with Crippen molar-refractivity contribution in [3.05, 3.63) is 29.8 Å². The molecule has 2 N–H and O–H groups in total. The Morgan fingerprint density at radius 1 is 1.40 bits per heavy atom. The normalized spacial score (nSPS) is 14.8. The summed E-state index contributed by atoms with van der Waals surface area (Å²) in [6.07, 6.45) is 0. The van der Waals surface area contributed by atoms with E-state index in [1.54, 1.807) is 25.2 Å². The number of carbonyl (C=O) groups is 2. The number of hydrogen-bond acceptors (Lipinski definition) is 4. The highest BCUT2D eigenvalue weighted by atomic mass is 32.1. The lowest BCUT2D eigenvalue weighted by molar-refractivity contribution is -0.125. The molecule has 0 aliphatic carbocycles. The molecular formula is C13H15N3O3S. The molecule has 1 aromatic carbocycles. The monoisotopic (exact) mass is 293 g/mol. The van der Waals surface area contributed by atoms with Gasteiger partial charge in [0.25, 0.3) is 0 Å². The van der Waals surface area contributed by atoms with E-state index in [9.17, 15) is 9.59 Å². The second-order valence-electron chi connectivity index (χ2n) is 4.39. The molecule has 0 saturated carbocycles. The summed E-state index contributed by atoms with van der Waals surface area (Å²) >= 11 is 4.93. The van der Waals surface area contributed by atoms with Gasteiger partial charge in [0.1, 0.15) is 23.9 Å². The molecule has 1 aliphatic rings. The van der Waals surface area contributed by atoms with Gasteiger partial charge in [0.05, 0.1) is 12.1 Å². The molecule has 0 unspecified atom stereocenters. The van der Waals surface area contributed by atoms with Crippen LogP contribution in [-0.2, 0) is 4.79 Å². The number of urea groups is 1. The summed E-state index contributed by atoms with van der Waals surface area (Å²) in [6.45, 7) is 0.515. The zero-order chi connectivity index (χ0) is 14.7. The number of para-hydroxylation sites is 1. The Morgan fingerprint density at radius 3 is 2.70 bits per heavy atom. The van der Waals surface area contributed by atoms with E-state index in [-0.39, 0.29) is 36.6 Å². The van der Waals surface area contributed by atoms with Crippen LogP contribution in [0.1, 0.15) is 5.56 Å². The first-order valence-corrected chi connectivity index (χ1v) is 6.48. The summed E-state index contributed by atoms with van der Waals surface area (Å²) in [4.78, 5) is 26.0. The minimum absolute atomic E-state index is 0.113. The van der Waals surface area contributed by atoms with Gasteiger partial charge in [0.2, 0.25) is 5.91 Å². The number of likely N-dealkylation sites (N-methyl/N-ethyl adjacent to an activating group) is 1. The molecule has 106 valence electrons. The topological polar surface area (TPSA) is 75.9 Å². The Labute approximate surface area is 122 Å². The van der Waals surface area contributed by atoms with Gasteiger partial charge in [0, 0.05) is 7.05 Å². The molecular weight excluding hydrogens is 278 g/mol. The van der Waals surface area contributed by atoms with Crippen LogP contribution in [-0.4, -0.2) is 53.5 Å². The van der Waals surface area contributed by atoms with Gasteiger partial charge in [0.15, 0.2) is 0 Å². The zero-order valence-corrected chi connectivity index (χ0v) is 11.9. The molecule has 7 heteroatoms. The van der Waals surface area contributed by atoms with Crippen LogP contribution in [0.2, 0.25) is 0 Å². The predicted octanol–water partition coefficient (Wildman–Crippen LogP) is 0.594. The fraction of sp³-hybridized carbons (Fsp3) is 0.308. The van der Waals surface area contributed by atoms with Crippen LogP contribution in [0.3, 0.4) is 0 Å². The van der Waals surface area contributed by atoms with E-state index in [4.69, 9.17) is 22.7 Å². The van der Waals surface area contributed by atoms with Gasteiger partial charge in [-0.05, 0) is 12.1 Å². The van der Waals surface area contributed by atoms with Crippen molar-refractivity contribution >= 4 is 29.1 Å².